The first-order valence-corrected chi connectivity index (χ1v) is 11.6. The van der Waals surface area contributed by atoms with E-state index in [-0.39, 0.29) is 17.4 Å². The van der Waals surface area contributed by atoms with E-state index in [4.69, 9.17) is 4.74 Å². The van der Waals surface area contributed by atoms with Crippen molar-refractivity contribution >= 4 is 29.4 Å². The molecule has 0 spiro atoms. The van der Waals surface area contributed by atoms with E-state index >= 15 is 0 Å². The first-order chi connectivity index (χ1) is 13.6. The van der Waals surface area contributed by atoms with Gasteiger partial charge in [0.1, 0.15) is 6.04 Å². The minimum atomic E-state index is -0.502. The number of unbranched alkanes of at least 4 members (excludes halogenated alkanes) is 1. The summed E-state index contributed by atoms with van der Waals surface area (Å²) in [6.07, 6.45) is 7.78. The monoisotopic (exact) mass is 404 g/mol. The van der Waals surface area contributed by atoms with Crippen LogP contribution in [-0.4, -0.2) is 40.7 Å². The Morgan fingerprint density at radius 2 is 1.96 bits per heavy atom. The van der Waals surface area contributed by atoms with Gasteiger partial charge in [-0.25, -0.2) is 9.59 Å². The normalized spacial score (nSPS) is 22.9. The van der Waals surface area contributed by atoms with Crippen LogP contribution in [0.1, 0.15) is 57.4 Å². The molecule has 154 valence electrons. The van der Waals surface area contributed by atoms with Crippen LogP contribution in [0.5, 0.6) is 0 Å². The average Bonchev–Trinajstić information content (AvgIpc) is 3.16. The number of para-hydroxylation sites is 1. The van der Waals surface area contributed by atoms with E-state index in [1.165, 1.54) is 19.3 Å². The number of benzene rings is 1. The number of aryl methyl sites for hydroxylation is 1. The molecule has 1 saturated carbocycles. The molecule has 5 nitrogen and oxygen atoms in total. The van der Waals surface area contributed by atoms with Crippen molar-refractivity contribution in [2.75, 3.05) is 17.7 Å². The Labute approximate surface area is 172 Å². The number of hydrogen-bond acceptors (Lipinski definition) is 4. The van der Waals surface area contributed by atoms with Gasteiger partial charge < -0.3 is 10.1 Å². The number of nitrogens with one attached hydrogen (secondary N) is 1. The average molecular weight is 405 g/mol. The second-order valence-corrected chi connectivity index (χ2v) is 8.96. The molecule has 1 N–H and O–H groups in total. The number of ether oxygens (including phenoxy) is 1. The van der Waals surface area contributed by atoms with E-state index in [0.717, 1.165) is 36.9 Å². The predicted octanol–water partition coefficient (Wildman–Crippen LogP) is 5.19. The van der Waals surface area contributed by atoms with E-state index in [0.29, 0.717) is 18.3 Å². The first kappa shape index (κ1) is 21.0. The van der Waals surface area contributed by atoms with Gasteiger partial charge in [-0.3, -0.25) is 4.90 Å². The summed E-state index contributed by atoms with van der Waals surface area (Å²) >= 11 is 1.74. The Kier molecular flexibility index (Phi) is 7.65. The molecule has 0 bridgehead atoms. The Morgan fingerprint density at radius 3 is 2.68 bits per heavy atom. The van der Waals surface area contributed by atoms with Gasteiger partial charge in [-0.05, 0) is 43.7 Å². The molecule has 1 saturated heterocycles. The van der Waals surface area contributed by atoms with E-state index in [9.17, 15) is 9.59 Å². The van der Waals surface area contributed by atoms with Crippen molar-refractivity contribution in [3.8, 4) is 0 Å². The lowest BCUT2D eigenvalue weighted by molar-refractivity contribution is -0.148. The van der Waals surface area contributed by atoms with Crippen LogP contribution >= 0.6 is 11.8 Å². The largest absolute Gasteiger partial charge is 0.464 e. The Bertz CT molecular complexity index is 676. The highest BCUT2D eigenvalue weighted by molar-refractivity contribution is 8.00. The molecule has 6 heteroatoms. The maximum atomic E-state index is 13.3. The Hall–Kier alpha value is -1.69. The van der Waals surface area contributed by atoms with Gasteiger partial charge in [0, 0.05) is 11.4 Å². The van der Waals surface area contributed by atoms with Crippen LogP contribution in [0.3, 0.4) is 0 Å². The summed E-state index contributed by atoms with van der Waals surface area (Å²) in [4.78, 5) is 27.8. The molecule has 1 heterocycles. The van der Waals surface area contributed by atoms with Gasteiger partial charge in [0.15, 0.2) is 0 Å². The maximum absolute atomic E-state index is 13.3. The third-order valence-corrected chi connectivity index (χ3v) is 7.19. The van der Waals surface area contributed by atoms with Crippen LogP contribution < -0.4 is 5.32 Å². The molecule has 1 aliphatic heterocycles. The van der Waals surface area contributed by atoms with Crippen molar-refractivity contribution in [2.24, 2.45) is 5.92 Å². The van der Waals surface area contributed by atoms with Crippen molar-refractivity contribution in [1.29, 1.82) is 0 Å². The fourth-order valence-electron chi connectivity index (χ4n) is 4.06. The zero-order valence-corrected chi connectivity index (χ0v) is 17.8. The summed E-state index contributed by atoms with van der Waals surface area (Å²) < 4.78 is 5.48. The van der Waals surface area contributed by atoms with Gasteiger partial charge >= 0.3 is 12.0 Å². The predicted molar refractivity (Wildman–Crippen MR) is 115 cm³/mol. The summed E-state index contributed by atoms with van der Waals surface area (Å²) in [5.74, 6) is 0.807. The highest BCUT2D eigenvalue weighted by Crippen LogP contribution is 2.41. The van der Waals surface area contributed by atoms with Crippen LogP contribution in [0, 0.1) is 12.8 Å². The minimum Gasteiger partial charge on any atom is -0.464 e. The van der Waals surface area contributed by atoms with Gasteiger partial charge in [-0.2, -0.15) is 0 Å². The van der Waals surface area contributed by atoms with Crippen LogP contribution in [0.2, 0.25) is 0 Å². The van der Waals surface area contributed by atoms with Crippen molar-refractivity contribution in [1.82, 2.24) is 4.90 Å². The van der Waals surface area contributed by atoms with Gasteiger partial charge in [-0.15, -0.1) is 11.8 Å². The highest BCUT2D eigenvalue weighted by Gasteiger charge is 2.45. The molecular weight excluding hydrogens is 372 g/mol. The molecule has 1 aromatic carbocycles. The molecule has 2 amide bonds. The highest BCUT2D eigenvalue weighted by atomic mass is 32.2. The summed E-state index contributed by atoms with van der Waals surface area (Å²) in [7, 11) is 0. The van der Waals surface area contributed by atoms with Crippen LogP contribution in [-0.2, 0) is 9.53 Å². The van der Waals surface area contributed by atoms with E-state index in [1.807, 2.05) is 31.2 Å². The maximum Gasteiger partial charge on any atom is 0.329 e. The first-order valence-electron chi connectivity index (χ1n) is 10.5. The van der Waals surface area contributed by atoms with Crippen molar-refractivity contribution in [3.63, 3.8) is 0 Å². The molecule has 0 aromatic heterocycles. The van der Waals surface area contributed by atoms with E-state index in [2.05, 4.69) is 12.2 Å². The minimum absolute atomic E-state index is 0.0491. The topological polar surface area (TPSA) is 58.6 Å². The van der Waals surface area contributed by atoms with Crippen molar-refractivity contribution in [3.05, 3.63) is 29.8 Å². The summed E-state index contributed by atoms with van der Waals surface area (Å²) in [5.41, 5.74) is 1.81. The molecule has 2 fully saturated rings. The standard InChI is InChI=1S/C22H32N2O3S/c1-3-4-14-27-21(25)19-15-28-20(17-11-6-5-7-12-17)24(19)22(26)23-18-13-9-8-10-16(18)2/h8-10,13,17,19-20H,3-7,11-12,14-15H2,1-2H3,(H,23,26)/t19-,20+/m1/s1. The van der Waals surface area contributed by atoms with E-state index < -0.39 is 6.04 Å². The summed E-state index contributed by atoms with van der Waals surface area (Å²) in [5, 5.41) is 3.09. The molecule has 3 rings (SSSR count). The van der Waals surface area contributed by atoms with Gasteiger partial charge in [0.2, 0.25) is 0 Å². The van der Waals surface area contributed by atoms with Crippen LogP contribution in [0.15, 0.2) is 24.3 Å². The number of rotatable bonds is 6. The second kappa shape index (κ2) is 10.2. The molecule has 0 radical (unpaired) electrons. The van der Waals surface area contributed by atoms with Crippen LogP contribution in [0.25, 0.3) is 0 Å². The number of carbonyl (C=O) groups excluding carboxylic acids is 2. The second-order valence-electron chi connectivity index (χ2n) is 7.81. The lowest BCUT2D eigenvalue weighted by Crippen LogP contribution is -2.50. The Balaban J connectivity index is 1.76. The van der Waals surface area contributed by atoms with Crippen molar-refractivity contribution in [2.45, 2.75) is 70.2 Å². The lowest BCUT2D eigenvalue weighted by Gasteiger charge is -2.35. The van der Waals surface area contributed by atoms with Gasteiger partial charge in [0.05, 0.1) is 12.0 Å². The van der Waals surface area contributed by atoms with Crippen LogP contribution in [0.4, 0.5) is 10.5 Å². The molecular formula is C22H32N2O3S. The fourth-order valence-corrected chi connectivity index (χ4v) is 5.68. The number of nitrogens with zero attached hydrogens (tertiary/aromatic N) is 1. The van der Waals surface area contributed by atoms with Gasteiger partial charge in [-0.1, -0.05) is 50.8 Å². The molecule has 2 atom stereocenters. The lowest BCUT2D eigenvalue weighted by atomic mass is 9.88. The fraction of sp³-hybridized carbons (Fsp3) is 0.636. The molecule has 0 unspecified atom stereocenters. The van der Waals surface area contributed by atoms with E-state index in [1.54, 1.807) is 16.7 Å². The zero-order chi connectivity index (χ0) is 19.9. The molecule has 1 aliphatic carbocycles. The number of hydrogen-bond donors (Lipinski definition) is 1. The van der Waals surface area contributed by atoms with Crippen molar-refractivity contribution < 1.29 is 14.3 Å². The quantitative estimate of drug-likeness (QED) is 0.523. The number of carbonyl (C=O) groups is 2. The smallest absolute Gasteiger partial charge is 0.329 e. The summed E-state index contributed by atoms with van der Waals surface area (Å²) in [6, 6.07) is 7.06. The number of urea groups is 1. The molecule has 1 aromatic rings. The SMILES string of the molecule is CCCCOC(=O)[C@H]1CS[C@@H](C2CCCCC2)N1C(=O)Nc1ccccc1C. The molecule has 2 aliphatic rings. The number of amides is 2. The number of esters is 1. The summed E-state index contributed by atoms with van der Waals surface area (Å²) in [6.45, 7) is 4.47. The number of anilines is 1. The van der Waals surface area contributed by atoms with Gasteiger partial charge in [0.25, 0.3) is 0 Å². The third-order valence-electron chi connectivity index (χ3n) is 5.72. The Morgan fingerprint density at radius 1 is 1.21 bits per heavy atom. The number of thioether (sulfide) groups is 1. The zero-order valence-electron chi connectivity index (χ0n) is 17.0. The molecule has 28 heavy (non-hydrogen) atoms. The third kappa shape index (κ3) is 5.02.